The van der Waals surface area contributed by atoms with Crippen molar-refractivity contribution in [1.82, 2.24) is 4.31 Å². The second kappa shape index (κ2) is 5.26. The third-order valence-corrected chi connectivity index (χ3v) is 5.15. The SMILES string of the molecule is NC(=O)CC1CCCN1S(=O)(=O)c1ccc(F)cc1. The molecule has 1 aromatic carbocycles. The molecule has 2 rings (SSSR count). The Balaban J connectivity index is 2.28. The first kappa shape index (κ1) is 14.0. The Labute approximate surface area is 111 Å². The molecule has 0 aromatic heterocycles. The summed E-state index contributed by atoms with van der Waals surface area (Å²) in [6, 6.07) is 4.26. The van der Waals surface area contributed by atoms with Crippen molar-refractivity contribution in [2.24, 2.45) is 5.73 Å². The van der Waals surface area contributed by atoms with Gasteiger partial charge in [-0.1, -0.05) is 0 Å². The Hall–Kier alpha value is -1.47. The van der Waals surface area contributed by atoms with E-state index in [1.54, 1.807) is 0 Å². The van der Waals surface area contributed by atoms with E-state index in [9.17, 15) is 17.6 Å². The molecule has 1 aliphatic heterocycles. The number of nitrogens with zero attached hydrogens (tertiary/aromatic N) is 1. The van der Waals surface area contributed by atoms with Crippen molar-refractivity contribution >= 4 is 15.9 Å². The van der Waals surface area contributed by atoms with Gasteiger partial charge in [0.1, 0.15) is 5.82 Å². The number of benzene rings is 1. The smallest absolute Gasteiger partial charge is 0.243 e. The van der Waals surface area contributed by atoms with Crippen molar-refractivity contribution in [3.05, 3.63) is 30.1 Å². The summed E-state index contributed by atoms with van der Waals surface area (Å²) in [7, 11) is -3.69. The fourth-order valence-corrected chi connectivity index (χ4v) is 4.00. The molecule has 1 unspecified atom stereocenters. The number of nitrogens with two attached hydrogens (primary N) is 1. The van der Waals surface area contributed by atoms with Crippen LogP contribution in [-0.4, -0.2) is 31.2 Å². The molecule has 1 amide bonds. The molecule has 1 saturated heterocycles. The first-order valence-corrected chi connectivity index (χ1v) is 7.41. The molecule has 0 radical (unpaired) electrons. The summed E-state index contributed by atoms with van der Waals surface area (Å²) in [4.78, 5) is 11.0. The highest BCUT2D eigenvalue weighted by atomic mass is 32.2. The predicted molar refractivity (Wildman–Crippen MR) is 67.1 cm³/mol. The average molecular weight is 286 g/mol. The lowest BCUT2D eigenvalue weighted by molar-refractivity contribution is -0.118. The molecule has 0 aliphatic carbocycles. The highest BCUT2D eigenvalue weighted by Crippen LogP contribution is 2.27. The largest absolute Gasteiger partial charge is 0.370 e. The summed E-state index contributed by atoms with van der Waals surface area (Å²) in [6.45, 7) is 0.359. The normalized spacial score (nSPS) is 20.6. The molecule has 0 spiro atoms. The second-order valence-electron chi connectivity index (χ2n) is 4.54. The molecule has 1 atom stereocenters. The van der Waals surface area contributed by atoms with Gasteiger partial charge in [0.15, 0.2) is 0 Å². The van der Waals surface area contributed by atoms with Crippen molar-refractivity contribution in [2.45, 2.75) is 30.2 Å². The zero-order chi connectivity index (χ0) is 14.0. The number of hydrogen-bond donors (Lipinski definition) is 1. The number of halogens is 1. The molecule has 7 heteroatoms. The minimum Gasteiger partial charge on any atom is -0.370 e. The van der Waals surface area contributed by atoms with Crippen LogP contribution >= 0.6 is 0 Å². The van der Waals surface area contributed by atoms with E-state index in [1.165, 1.54) is 16.4 Å². The van der Waals surface area contributed by atoms with Crippen molar-refractivity contribution in [1.29, 1.82) is 0 Å². The minimum atomic E-state index is -3.69. The van der Waals surface area contributed by atoms with Crippen molar-refractivity contribution in [3.63, 3.8) is 0 Å². The molecule has 19 heavy (non-hydrogen) atoms. The van der Waals surface area contributed by atoms with Crippen LogP contribution in [0.3, 0.4) is 0 Å². The predicted octanol–water partition coefficient (Wildman–Crippen LogP) is 0.854. The van der Waals surface area contributed by atoms with E-state index >= 15 is 0 Å². The molecule has 1 aliphatic rings. The van der Waals surface area contributed by atoms with Gasteiger partial charge in [-0.3, -0.25) is 4.79 Å². The summed E-state index contributed by atoms with van der Waals surface area (Å²) < 4.78 is 38.9. The summed E-state index contributed by atoms with van der Waals surface area (Å²) in [5.41, 5.74) is 5.13. The maximum absolute atomic E-state index is 12.8. The van der Waals surface area contributed by atoms with Crippen LogP contribution in [0.5, 0.6) is 0 Å². The molecule has 1 fully saturated rings. The van der Waals surface area contributed by atoms with E-state index in [0.717, 1.165) is 12.1 Å². The van der Waals surface area contributed by atoms with Gasteiger partial charge in [0, 0.05) is 19.0 Å². The average Bonchev–Trinajstić information content (AvgIpc) is 2.77. The Morgan fingerprint density at radius 2 is 2.00 bits per heavy atom. The van der Waals surface area contributed by atoms with Crippen molar-refractivity contribution < 1.29 is 17.6 Å². The van der Waals surface area contributed by atoms with Crippen molar-refractivity contribution in [3.8, 4) is 0 Å². The van der Waals surface area contributed by atoms with Crippen molar-refractivity contribution in [2.75, 3.05) is 6.54 Å². The first-order chi connectivity index (χ1) is 8.91. The van der Waals surface area contributed by atoms with Crippen LogP contribution in [0.1, 0.15) is 19.3 Å². The lowest BCUT2D eigenvalue weighted by Crippen LogP contribution is -2.37. The van der Waals surface area contributed by atoms with Gasteiger partial charge in [-0.15, -0.1) is 0 Å². The molecular formula is C12H15FN2O3S. The highest BCUT2D eigenvalue weighted by molar-refractivity contribution is 7.89. The van der Waals surface area contributed by atoms with E-state index in [4.69, 9.17) is 5.73 Å². The van der Waals surface area contributed by atoms with Crippen LogP contribution in [0.25, 0.3) is 0 Å². The van der Waals surface area contributed by atoms with E-state index in [2.05, 4.69) is 0 Å². The van der Waals surface area contributed by atoms with E-state index in [1.807, 2.05) is 0 Å². The summed E-state index contributed by atoms with van der Waals surface area (Å²) in [5, 5.41) is 0. The van der Waals surface area contributed by atoms with Crippen LogP contribution in [0.4, 0.5) is 4.39 Å². The van der Waals surface area contributed by atoms with Gasteiger partial charge in [0.05, 0.1) is 4.90 Å². The van der Waals surface area contributed by atoms with Crippen LogP contribution < -0.4 is 5.73 Å². The van der Waals surface area contributed by atoms with Crippen LogP contribution in [0.2, 0.25) is 0 Å². The Bertz CT molecular complexity index is 571. The number of sulfonamides is 1. The highest BCUT2D eigenvalue weighted by Gasteiger charge is 2.35. The zero-order valence-corrected chi connectivity index (χ0v) is 11.1. The molecule has 0 bridgehead atoms. The maximum atomic E-state index is 12.8. The minimum absolute atomic E-state index is 0.0143. The topological polar surface area (TPSA) is 80.5 Å². The van der Waals surface area contributed by atoms with Gasteiger partial charge in [0.2, 0.25) is 15.9 Å². The van der Waals surface area contributed by atoms with Crippen LogP contribution in [0, 0.1) is 5.82 Å². The van der Waals surface area contributed by atoms with E-state index in [-0.39, 0.29) is 11.3 Å². The van der Waals surface area contributed by atoms with Gasteiger partial charge in [-0.05, 0) is 37.1 Å². The lowest BCUT2D eigenvalue weighted by atomic mass is 10.1. The molecule has 1 heterocycles. The standard InChI is InChI=1S/C12H15FN2O3S/c13-9-3-5-11(6-4-9)19(17,18)15-7-1-2-10(15)8-12(14)16/h3-6,10H,1-2,7-8H2,(H2,14,16). The first-order valence-electron chi connectivity index (χ1n) is 5.97. The fraction of sp³-hybridized carbons (Fsp3) is 0.417. The number of carbonyl (C=O) groups excluding carboxylic acids is 1. The number of rotatable bonds is 4. The number of amides is 1. The molecule has 1 aromatic rings. The molecule has 104 valence electrons. The van der Waals surface area contributed by atoms with Gasteiger partial charge in [-0.2, -0.15) is 4.31 Å². The maximum Gasteiger partial charge on any atom is 0.243 e. The number of carbonyl (C=O) groups is 1. The molecule has 5 nitrogen and oxygen atoms in total. The Morgan fingerprint density at radius 3 is 2.58 bits per heavy atom. The summed E-state index contributed by atoms with van der Waals surface area (Å²) >= 11 is 0. The lowest BCUT2D eigenvalue weighted by Gasteiger charge is -2.23. The van der Waals surface area contributed by atoms with E-state index < -0.39 is 27.8 Å². The monoisotopic (exact) mass is 286 g/mol. The van der Waals surface area contributed by atoms with Gasteiger partial charge < -0.3 is 5.73 Å². The van der Waals surface area contributed by atoms with Crippen LogP contribution in [0.15, 0.2) is 29.2 Å². The molecule has 0 saturated carbocycles. The van der Waals surface area contributed by atoms with Crippen LogP contribution in [-0.2, 0) is 14.8 Å². The Morgan fingerprint density at radius 1 is 1.37 bits per heavy atom. The Kier molecular flexibility index (Phi) is 3.86. The fourth-order valence-electron chi connectivity index (χ4n) is 2.30. The van der Waals surface area contributed by atoms with E-state index in [0.29, 0.717) is 19.4 Å². The zero-order valence-electron chi connectivity index (χ0n) is 10.3. The third-order valence-electron chi connectivity index (χ3n) is 3.18. The molecular weight excluding hydrogens is 271 g/mol. The quantitative estimate of drug-likeness (QED) is 0.891. The summed E-state index contributed by atoms with van der Waals surface area (Å²) in [5.74, 6) is -1.01. The number of primary amides is 1. The second-order valence-corrected chi connectivity index (χ2v) is 6.43. The number of hydrogen-bond acceptors (Lipinski definition) is 3. The van der Waals surface area contributed by atoms with Gasteiger partial charge in [-0.25, -0.2) is 12.8 Å². The van der Waals surface area contributed by atoms with Gasteiger partial charge >= 0.3 is 0 Å². The summed E-state index contributed by atoms with van der Waals surface area (Å²) in [6.07, 6.45) is 1.32. The molecule has 2 N–H and O–H groups in total. The van der Waals surface area contributed by atoms with Gasteiger partial charge in [0.25, 0.3) is 0 Å². The third kappa shape index (κ3) is 2.93.